The van der Waals surface area contributed by atoms with Gasteiger partial charge in [0, 0.05) is 25.7 Å². The molecule has 0 aromatic carbocycles. The van der Waals surface area contributed by atoms with Crippen molar-refractivity contribution in [3.05, 3.63) is 0 Å². The molecule has 18 heavy (non-hydrogen) atoms. The largest absolute Gasteiger partial charge is 0.378 e. The molecule has 1 atom stereocenters. The summed E-state index contributed by atoms with van der Waals surface area (Å²) in [4.78, 5) is 2.62. The third-order valence-corrected chi connectivity index (χ3v) is 4.30. The van der Waals surface area contributed by atoms with Crippen molar-refractivity contribution in [1.29, 1.82) is 0 Å². The first-order valence-electron chi connectivity index (χ1n) is 7.86. The Hall–Kier alpha value is -0.0800. The number of piperidine rings is 1. The van der Waals surface area contributed by atoms with Crippen LogP contribution in [0.4, 0.5) is 0 Å². The van der Waals surface area contributed by atoms with Crippen molar-refractivity contribution in [2.75, 3.05) is 19.7 Å². The summed E-state index contributed by atoms with van der Waals surface area (Å²) in [6.45, 7) is 15.0. The Balaban J connectivity index is 2.12. The minimum absolute atomic E-state index is 0.521. The summed E-state index contributed by atoms with van der Waals surface area (Å²) >= 11 is 0. The summed E-state index contributed by atoms with van der Waals surface area (Å²) in [6, 6.07) is 0.715. The molecule has 1 saturated heterocycles. The van der Waals surface area contributed by atoms with Crippen LogP contribution in [0.3, 0.4) is 0 Å². The molecule has 1 rings (SSSR count). The topological polar surface area (TPSA) is 12.5 Å². The van der Waals surface area contributed by atoms with Gasteiger partial charge in [-0.05, 0) is 44.4 Å². The smallest absolute Gasteiger partial charge is 0.0599 e. The molecule has 0 radical (unpaired) electrons. The molecular weight excluding hydrogens is 222 g/mol. The summed E-state index contributed by atoms with van der Waals surface area (Å²) in [5.41, 5.74) is 0. The minimum atomic E-state index is 0.521. The molecule has 1 fully saturated rings. The van der Waals surface area contributed by atoms with Crippen LogP contribution in [-0.4, -0.2) is 36.7 Å². The molecule has 1 aliphatic heterocycles. The second kappa shape index (κ2) is 8.16. The van der Waals surface area contributed by atoms with Crippen LogP contribution >= 0.6 is 0 Å². The number of likely N-dealkylation sites (tertiary alicyclic amines) is 1. The Morgan fingerprint density at radius 2 is 1.67 bits per heavy atom. The fraction of sp³-hybridized carbons (Fsp3) is 1.00. The lowest BCUT2D eigenvalue weighted by Crippen LogP contribution is -2.44. The molecule has 1 aliphatic rings. The zero-order chi connectivity index (χ0) is 13.5. The van der Waals surface area contributed by atoms with E-state index in [4.69, 9.17) is 4.74 Å². The van der Waals surface area contributed by atoms with Gasteiger partial charge >= 0.3 is 0 Å². The zero-order valence-electron chi connectivity index (χ0n) is 13.1. The van der Waals surface area contributed by atoms with Crippen LogP contribution in [0.1, 0.15) is 60.3 Å². The number of ether oxygens (including phenoxy) is 1. The third-order valence-electron chi connectivity index (χ3n) is 4.30. The quantitative estimate of drug-likeness (QED) is 0.639. The zero-order valence-corrected chi connectivity index (χ0v) is 13.1. The monoisotopic (exact) mass is 255 g/mol. The van der Waals surface area contributed by atoms with E-state index in [1.165, 1.54) is 38.8 Å². The number of rotatable bonds is 7. The molecule has 0 aromatic rings. The predicted molar refractivity (Wildman–Crippen MR) is 78.9 cm³/mol. The summed E-state index contributed by atoms with van der Waals surface area (Å²) in [7, 11) is 0. The van der Waals surface area contributed by atoms with Crippen molar-refractivity contribution in [1.82, 2.24) is 4.90 Å². The van der Waals surface area contributed by atoms with E-state index in [0.29, 0.717) is 12.1 Å². The molecule has 0 aliphatic carbocycles. The van der Waals surface area contributed by atoms with E-state index in [9.17, 15) is 0 Å². The molecule has 0 bridgehead atoms. The maximum absolute atomic E-state index is 6.00. The molecule has 1 heterocycles. The molecule has 0 amide bonds. The maximum Gasteiger partial charge on any atom is 0.0599 e. The Kier molecular flexibility index (Phi) is 7.25. The highest BCUT2D eigenvalue weighted by molar-refractivity contribution is 4.78. The first-order valence-corrected chi connectivity index (χ1v) is 7.86. The van der Waals surface area contributed by atoms with Gasteiger partial charge in [0.25, 0.3) is 0 Å². The molecular formula is C16H33NO. The lowest BCUT2D eigenvalue weighted by molar-refractivity contribution is -0.00669. The molecule has 0 N–H and O–H groups in total. The summed E-state index contributed by atoms with van der Waals surface area (Å²) in [5, 5.41) is 0. The highest BCUT2D eigenvalue weighted by Gasteiger charge is 2.24. The molecule has 2 heteroatoms. The van der Waals surface area contributed by atoms with E-state index in [0.717, 1.165) is 18.4 Å². The van der Waals surface area contributed by atoms with Crippen molar-refractivity contribution in [3.63, 3.8) is 0 Å². The van der Waals surface area contributed by atoms with Crippen LogP contribution in [0.15, 0.2) is 0 Å². The van der Waals surface area contributed by atoms with E-state index in [2.05, 4.69) is 39.5 Å². The van der Waals surface area contributed by atoms with Gasteiger partial charge in [-0.3, -0.25) is 0 Å². The summed E-state index contributed by atoms with van der Waals surface area (Å²) < 4.78 is 6.00. The van der Waals surface area contributed by atoms with Crippen molar-refractivity contribution in [2.24, 2.45) is 11.8 Å². The normalized spacial score (nSPS) is 20.8. The third kappa shape index (κ3) is 5.71. The van der Waals surface area contributed by atoms with Crippen molar-refractivity contribution in [2.45, 2.75) is 72.4 Å². The second-order valence-corrected chi connectivity index (χ2v) is 6.63. The number of nitrogens with zero attached hydrogens (tertiary/aromatic N) is 1. The standard InChI is InChI=1S/C16H33NO/c1-13(2)7-6-12-18-16-8-10-17(11-9-16)15(5)14(3)4/h13-16H,6-12H2,1-5H3/t15-/m1/s1. The summed E-state index contributed by atoms with van der Waals surface area (Å²) in [6.07, 6.45) is 5.48. The Labute approximate surface area is 114 Å². The van der Waals surface area contributed by atoms with Gasteiger partial charge < -0.3 is 9.64 Å². The van der Waals surface area contributed by atoms with Gasteiger partial charge in [-0.25, -0.2) is 0 Å². The van der Waals surface area contributed by atoms with Crippen LogP contribution in [0, 0.1) is 11.8 Å². The summed E-state index contributed by atoms with van der Waals surface area (Å²) in [5.74, 6) is 1.57. The van der Waals surface area contributed by atoms with Crippen molar-refractivity contribution >= 4 is 0 Å². The first kappa shape index (κ1) is 16.0. The molecule has 0 aromatic heterocycles. The van der Waals surface area contributed by atoms with E-state index in [1.807, 2.05) is 0 Å². The van der Waals surface area contributed by atoms with Gasteiger partial charge in [-0.1, -0.05) is 27.7 Å². The van der Waals surface area contributed by atoms with Crippen LogP contribution in [0.5, 0.6) is 0 Å². The van der Waals surface area contributed by atoms with Crippen LogP contribution in [0.2, 0.25) is 0 Å². The molecule has 0 unspecified atom stereocenters. The molecule has 0 saturated carbocycles. The van der Waals surface area contributed by atoms with Crippen LogP contribution in [0.25, 0.3) is 0 Å². The average Bonchev–Trinajstić information content (AvgIpc) is 2.34. The Morgan fingerprint density at radius 1 is 1.06 bits per heavy atom. The SMILES string of the molecule is CC(C)CCCOC1CCN([C@H](C)C(C)C)CC1. The van der Waals surface area contributed by atoms with Gasteiger partial charge in [-0.15, -0.1) is 0 Å². The van der Waals surface area contributed by atoms with Crippen molar-refractivity contribution in [3.8, 4) is 0 Å². The van der Waals surface area contributed by atoms with Crippen molar-refractivity contribution < 1.29 is 4.74 Å². The Morgan fingerprint density at radius 3 is 2.17 bits per heavy atom. The maximum atomic E-state index is 6.00. The number of hydrogen-bond acceptors (Lipinski definition) is 2. The van der Waals surface area contributed by atoms with Gasteiger partial charge in [0.1, 0.15) is 0 Å². The van der Waals surface area contributed by atoms with Gasteiger partial charge in [0.05, 0.1) is 6.10 Å². The van der Waals surface area contributed by atoms with Gasteiger partial charge in [-0.2, -0.15) is 0 Å². The Bertz CT molecular complexity index is 207. The first-order chi connectivity index (χ1) is 8.50. The molecule has 108 valence electrons. The number of hydrogen-bond donors (Lipinski definition) is 0. The van der Waals surface area contributed by atoms with Crippen LogP contribution < -0.4 is 0 Å². The van der Waals surface area contributed by atoms with E-state index < -0.39 is 0 Å². The lowest BCUT2D eigenvalue weighted by Gasteiger charge is -2.37. The van der Waals surface area contributed by atoms with E-state index in [-0.39, 0.29) is 0 Å². The lowest BCUT2D eigenvalue weighted by atomic mass is 10.00. The minimum Gasteiger partial charge on any atom is -0.378 e. The van der Waals surface area contributed by atoms with Gasteiger partial charge in [0.15, 0.2) is 0 Å². The van der Waals surface area contributed by atoms with Crippen LogP contribution in [-0.2, 0) is 4.74 Å². The van der Waals surface area contributed by atoms with E-state index in [1.54, 1.807) is 0 Å². The average molecular weight is 255 g/mol. The van der Waals surface area contributed by atoms with E-state index >= 15 is 0 Å². The predicted octanol–water partition coefficient (Wildman–Crippen LogP) is 3.95. The molecule has 0 spiro atoms. The molecule has 2 nitrogen and oxygen atoms in total. The van der Waals surface area contributed by atoms with Gasteiger partial charge in [0.2, 0.25) is 0 Å². The highest BCUT2D eigenvalue weighted by Crippen LogP contribution is 2.19. The fourth-order valence-corrected chi connectivity index (χ4v) is 2.61. The fourth-order valence-electron chi connectivity index (χ4n) is 2.61. The second-order valence-electron chi connectivity index (χ2n) is 6.63. The highest BCUT2D eigenvalue weighted by atomic mass is 16.5.